The molecule has 0 saturated carbocycles. The standard InChI is InChI=1S/C20H15BrClNO5S/c1-27-18(24)11-28-16-7-6-12(8-14(16)21)9-17-19(25)23(20(26)29-17)10-13-4-2-3-5-15(13)22/h2-9H,10-11H2,1H3/b17-9-. The lowest BCUT2D eigenvalue weighted by atomic mass is 10.2. The molecule has 0 unspecified atom stereocenters. The first-order valence-electron chi connectivity index (χ1n) is 8.37. The summed E-state index contributed by atoms with van der Waals surface area (Å²) in [7, 11) is 1.28. The molecule has 0 atom stereocenters. The van der Waals surface area contributed by atoms with Gasteiger partial charge in [0.05, 0.1) is 23.0 Å². The van der Waals surface area contributed by atoms with E-state index in [0.717, 1.165) is 11.8 Å². The molecule has 1 aliphatic rings. The Labute approximate surface area is 184 Å². The normalized spacial score (nSPS) is 15.1. The zero-order valence-electron chi connectivity index (χ0n) is 15.2. The minimum Gasteiger partial charge on any atom is -0.481 e. The van der Waals surface area contributed by atoms with Gasteiger partial charge >= 0.3 is 5.97 Å². The zero-order chi connectivity index (χ0) is 21.0. The number of rotatable bonds is 6. The Morgan fingerprint density at radius 3 is 2.69 bits per heavy atom. The van der Waals surface area contributed by atoms with Crippen LogP contribution in [0.5, 0.6) is 5.75 Å². The first kappa shape index (κ1) is 21.4. The molecule has 6 nitrogen and oxygen atoms in total. The number of nitrogens with zero attached hydrogens (tertiary/aromatic N) is 1. The number of ether oxygens (including phenoxy) is 2. The first-order chi connectivity index (χ1) is 13.9. The Morgan fingerprint density at radius 2 is 2.00 bits per heavy atom. The van der Waals surface area contributed by atoms with E-state index in [0.29, 0.717) is 31.3 Å². The molecule has 0 spiro atoms. The van der Waals surface area contributed by atoms with Crippen molar-refractivity contribution >= 4 is 62.5 Å². The van der Waals surface area contributed by atoms with E-state index in [2.05, 4.69) is 20.7 Å². The Kier molecular flexibility index (Phi) is 7.00. The van der Waals surface area contributed by atoms with E-state index >= 15 is 0 Å². The number of benzene rings is 2. The Balaban J connectivity index is 1.74. The van der Waals surface area contributed by atoms with Gasteiger partial charge in [-0.15, -0.1) is 0 Å². The highest BCUT2D eigenvalue weighted by molar-refractivity contribution is 9.10. The van der Waals surface area contributed by atoms with Crippen LogP contribution in [0.15, 0.2) is 51.8 Å². The van der Waals surface area contributed by atoms with Crippen LogP contribution in [0.25, 0.3) is 6.08 Å². The van der Waals surface area contributed by atoms with Crippen LogP contribution in [0, 0.1) is 0 Å². The number of carbonyl (C=O) groups is 3. The Morgan fingerprint density at radius 1 is 1.24 bits per heavy atom. The van der Waals surface area contributed by atoms with Crippen LogP contribution in [0.2, 0.25) is 5.02 Å². The summed E-state index contributed by atoms with van der Waals surface area (Å²) >= 11 is 10.4. The summed E-state index contributed by atoms with van der Waals surface area (Å²) < 4.78 is 10.5. The number of halogens is 2. The largest absolute Gasteiger partial charge is 0.481 e. The summed E-state index contributed by atoms with van der Waals surface area (Å²) in [5.41, 5.74) is 1.40. The third kappa shape index (κ3) is 5.20. The fourth-order valence-corrected chi connectivity index (χ4v) is 4.05. The van der Waals surface area contributed by atoms with E-state index in [1.54, 1.807) is 48.5 Å². The van der Waals surface area contributed by atoms with E-state index < -0.39 is 5.97 Å². The van der Waals surface area contributed by atoms with Crippen molar-refractivity contribution in [3.05, 3.63) is 68.0 Å². The minimum atomic E-state index is -0.492. The van der Waals surface area contributed by atoms with Crippen molar-refractivity contribution in [3.63, 3.8) is 0 Å². The van der Waals surface area contributed by atoms with Crippen molar-refractivity contribution in [2.24, 2.45) is 0 Å². The molecule has 2 aromatic rings. The van der Waals surface area contributed by atoms with Gasteiger partial charge in [-0.1, -0.05) is 35.9 Å². The maximum atomic E-state index is 12.7. The van der Waals surface area contributed by atoms with Gasteiger partial charge < -0.3 is 9.47 Å². The van der Waals surface area contributed by atoms with Gasteiger partial charge in [-0.3, -0.25) is 14.5 Å². The molecule has 0 bridgehead atoms. The lowest BCUT2D eigenvalue weighted by Gasteiger charge is -2.13. The van der Waals surface area contributed by atoms with Crippen molar-refractivity contribution in [3.8, 4) is 5.75 Å². The molecule has 0 aromatic heterocycles. The van der Waals surface area contributed by atoms with E-state index in [1.165, 1.54) is 12.0 Å². The predicted molar refractivity (Wildman–Crippen MR) is 115 cm³/mol. The fraction of sp³-hybridized carbons (Fsp3) is 0.150. The van der Waals surface area contributed by atoms with Crippen LogP contribution in [-0.2, 0) is 20.9 Å². The van der Waals surface area contributed by atoms with Crippen molar-refractivity contribution in [1.29, 1.82) is 0 Å². The summed E-state index contributed by atoms with van der Waals surface area (Å²) in [4.78, 5) is 37.7. The van der Waals surface area contributed by atoms with Gasteiger partial charge in [0.1, 0.15) is 5.75 Å². The summed E-state index contributed by atoms with van der Waals surface area (Å²) in [6.45, 7) is -0.0962. The molecule has 1 saturated heterocycles. The fourth-order valence-electron chi connectivity index (χ4n) is 2.50. The van der Waals surface area contributed by atoms with Crippen molar-refractivity contribution in [1.82, 2.24) is 4.90 Å². The molecule has 1 heterocycles. The second-order valence-electron chi connectivity index (χ2n) is 5.91. The maximum Gasteiger partial charge on any atom is 0.343 e. The summed E-state index contributed by atoms with van der Waals surface area (Å²) in [5.74, 6) is -0.408. The van der Waals surface area contributed by atoms with Crippen LogP contribution in [-0.4, -0.2) is 35.7 Å². The molecule has 1 fully saturated rings. The van der Waals surface area contributed by atoms with E-state index in [4.69, 9.17) is 16.3 Å². The molecule has 9 heteroatoms. The number of carbonyl (C=O) groups excluding carboxylic acids is 3. The number of methoxy groups -OCH3 is 1. The van der Waals surface area contributed by atoms with Crippen molar-refractivity contribution < 1.29 is 23.9 Å². The Hall–Kier alpha value is -2.29. The topological polar surface area (TPSA) is 72.9 Å². The highest BCUT2D eigenvalue weighted by Gasteiger charge is 2.35. The molecule has 0 radical (unpaired) electrons. The van der Waals surface area contributed by atoms with Crippen LogP contribution < -0.4 is 4.74 Å². The molecule has 2 amide bonds. The van der Waals surface area contributed by atoms with E-state index in [9.17, 15) is 14.4 Å². The van der Waals surface area contributed by atoms with Gasteiger partial charge in [0.25, 0.3) is 11.1 Å². The molecule has 0 aliphatic carbocycles. The van der Waals surface area contributed by atoms with E-state index in [1.807, 2.05) is 0 Å². The van der Waals surface area contributed by atoms with Crippen LogP contribution in [0.3, 0.4) is 0 Å². The second kappa shape index (κ2) is 9.47. The van der Waals surface area contributed by atoms with Crippen LogP contribution in [0.1, 0.15) is 11.1 Å². The number of amides is 2. The molecule has 2 aromatic carbocycles. The van der Waals surface area contributed by atoms with Crippen molar-refractivity contribution in [2.45, 2.75) is 6.54 Å². The summed E-state index contributed by atoms with van der Waals surface area (Å²) in [6.07, 6.45) is 1.63. The monoisotopic (exact) mass is 495 g/mol. The van der Waals surface area contributed by atoms with Crippen LogP contribution >= 0.6 is 39.3 Å². The number of imide groups is 1. The second-order valence-corrected chi connectivity index (χ2v) is 8.17. The van der Waals surface area contributed by atoms with Gasteiger partial charge in [0, 0.05) is 5.02 Å². The first-order valence-corrected chi connectivity index (χ1v) is 10.4. The SMILES string of the molecule is COC(=O)COc1ccc(/C=C2\SC(=O)N(Cc3ccccc3Cl)C2=O)cc1Br. The number of esters is 1. The lowest BCUT2D eigenvalue weighted by molar-refractivity contribution is -0.142. The maximum absolute atomic E-state index is 12.7. The molecular weight excluding hydrogens is 482 g/mol. The van der Waals surface area contributed by atoms with Crippen molar-refractivity contribution in [2.75, 3.05) is 13.7 Å². The predicted octanol–water partition coefficient (Wildman–Crippen LogP) is 4.89. The van der Waals surface area contributed by atoms with Gasteiger partial charge in [-0.05, 0) is 63.1 Å². The highest BCUT2D eigenvalue weighted by atomic mass is 79.9. The zero-order valence-corrected chi connectivity index (χ0v) is 18.3. The Bertz CT molecular complexity index is 1010. The molecule has 0 N–H and O–H groups in total. The number of hydrogen-bond acceptors (Lipinski definition) is 6. The molecule has 150 valence electrons. The molecule has 1 aliphatic heterocycles. The lowest BCUT2D eigenvalue weighted by Crippen LogP contribution is -2.27. The minimum absolute atomic E-state index is 0.117. The highest BCUT2D eigenvalue weighted by Crippen LogP contribution is 2.35. The summed E-state index contributed by atoms with van der Waals surface area (Å²) in [6, 6.07) is 12.2. The van der Waals surface area contributed by atoms with Crippen LogP contribution in [0.4, 0.5) is 4.79 Å². The van der Waals surface area contributed by atoms with Gasteiger partial charge in [0.15, 0.2) is 6.61 Å². The average molecular weight is 497 g/mol. The molecule has 29 heavy (non-hydrogen) atoms. The van der Waals surface area contributed by atoms with Gasteiger partial charge in [0.2, 0.25) is 0 Å². The summed E-state index contributed by atoms with van der Waals surface area (Å²) in [5, 5.41) is 0.153. The van der Waals surface area contributed by atoms with Gasteiger partial charge in [-0.2, -0.15) is 0 Å². The number of hydrogen-bond donors (Lipinski definition) is 0. The molecular formula is C20H15BrClNO5S. The molecule has 3 rings (SSSR count). The third-order valence-corrected chi connectivity index (χ3v) is 5.88. The van der Waals surface area contributed by atoms with Gasteiger partial charge in [-0.25, -0.2) is 4.79 Å². The quantitative estimate of drug-likeness (QED) is 0.419. The van der Waals surface area contributed by atoms with E-state index in [-0.39, 0.29) is 24.3 Å². The average Bonchev–Trinajstić information content (AvgIpc) is 2.96. The number of thioether (sulfide) groups is 1. The smallest absolute Gasteiger partial charge is 0.343 e. The third-order valence-electron chi connectivity index (χ3n) is 3.99.